The monoisotopic (exact) mass is 1750 g/mol. The van der Waals surface area contributed by atoms with Crippen molar-refractivity contribution >= 4 is 120 Å². The second kappa shape index (κ2) is 36.8. The van der Waals surface area contributed by atoms with Crippen LogP contribution in [0.4, 0.5) is 0 Å². The Morgan fingerprint density at radius 2 is 1.05 bits per heavy atom. The number of amides is 2. The van der Waals surface area contributed by atoms with Crippen molar-refractivity contribution in [2.45, 2.75) is 213 Å². The molecule has 8 heterocycles. The van der Waals surface area contributed by atoms with Gasteiger partial charge in [0.25, 0.3) is 0 Å². The van der Waals surface area contributed by atoms with Crippen LogP contribution < -0.4 is 23.7 Å². The second-order valence-corrected chi connectivity index (χ2v) is 40.2. The van der Waals surface area contributed by atoms with Gasteiger partial charge in [0.2, 0.25) is 17.7 Å². The summed E-state index contributed by atoms with van der Waals surface area (Å²) in [5.41, 5.74) is -2.77. The van der Waals surface area contributed by atoms with Crippen LogP contribution in [0.1, 0.15) is 170 Å². The molecule has 0 spiro atoms. The summed E-state index contributed by atoms with van der Waals surface area (Å²) in [7, 11) is 0. The van der Waals surface area contributed by atoms with Gasteiger partial charge in [0, 0.05) is 100 Å². The van der Waals surface area contributed by atoms with Gasteiger partial charge in [-0.25, -0.2) is 9.97 Å². The number of carboxylic acid groups (broad SMARTS) is 2. The lowest BCUT2D eigenvalue weighted by atomic mass is 9.77. The highest BCUT2D eigenvalue weighted by molar-refractivity contribution is 8.13. The van der Waals surface area contributed by atoms with Crippen LogP contribution in [0.25, 0.3) is 21.8 Å². The molecular weight excluding hydrogens is 1630 g/mol. The van der Waals surface area contributed by atoms with Crippen molar-refractivity contribution in [3.63, 3.8) is 0 Å². The first-order chi connectivity index (χ1) is 57.8. The van der Waals surface area contributed by atoms with Crippen LogP contribution in [0.5, 0.6) is 34.1 Å². The molecule has 11 aliphatic rings. The van der Waals surface area contributed by atoms with Gasteiger partial charge < -0.3 is 62.6 Å². The number of aryl methyl sites for hydroxylation is 1. The summed E-state index contributed by atoms with van der Waals surface area (Å²) >= 11 is 16.7. The number of hydrogen-bond donors (Lipinski definition) is 2. The molecule has 654 valence electrons. The van der Waals surface area contributed by atoms with Crippen LogP contribution in [0.15, 0.2) is 58.7 Å². The number of aliphatic imine (C=N–C) groups is 1. The number of Topliss-reactive ketones (excluding diaryl/α,β-unsaturated/α-hetero) is 2. The third kappa shape index (κ3) is 20.4. The summed E-state index contributed by atoms with van der Waals surface area (Å²) in [6, 6.07) is 8.77. The number of morpholine rings is 2. The molecular formula is C89H113Cl2N9O19S2. The number of thioether (sulfide) groups is 1. The number of nitrogens with zero attached hydrogens (tertiary/aromatic N) is 9. The molecule has 2 N–H and O–H groups in total. The number of esters is 2. The average molecular weight is 1750 g/mol. The van der Waals surface area contributed by atoms with E-state index in [-0.39, 0.29) is 115 Å². The third-order valence-corrected chi connectivity index (χ3v) is 29.2. The van der Waals surface area contributed by atoms with E-state index in [9.17, 15) is 48.6 Å². The number of aromatic nitrogens is 4. The number of pyridine rings is 2. The van der Waals surface area contributed by atoms with Crippen LogP contribution in [-0.2, 0) is 57.3 Å². The topological polar surface area (TPSA) is 337 Å². The van der Waals surface area contributed by atoms with Gasteiger partial charge in [-0.1, -0.05) is 126 Å². The molecule has 6 saturated carbocycles. The Balaban J connectivity index is 0.000000188. The predicted molar refractivity (Wildman–Crippen MR) is 453 cm³/mol. The highest BCUT2D eigenvalue weighted by Gasteiger charge is 2.63. The Kier molecular flexibility index (Phi) is 26.7. The maximum atomic E-state index is 14.8. The van der Waals surface area contributed by atoms with Crippen molar-refractivity contribution in [3.8, 4) is 34.1 Å². The second-order valence-electron chi connectivity index (χ2n) is 37.2. The van der Waals surface area contributed by atoms with Crippen molar-refractivity contribution in [1.82, 2.24) is 39.8 Å². The van der Waals surface area contributed by atoms with Gasteiger partial charge in [-0.2, -0.15) is 0 Å². The van der Waals surface area contributed by atoms with Crippen molar-refractivity contribution < 1.29 is 91.2 Å². The van der Waals surface area contributed by atoms with Crippen molar-refractivity contribution in [1.29, 1.82) is 0 Å². The lowest BCUT2D eigenvalue weighted by molar-refractivity contribution is -0.157. The average Bonchev–Trinajstić information content (AvgIpc) is 1.64. The Labute approximate surface area is 723 Å². The zero-order valence-electron chi connectivity index (χ0n) is 70.6. The van der Waals surface area contributed by atoms with Gasteiger partial charge >= 0.3 is 29.1 Å². The quantitative estimate of drug-likeness (QED) is 0.0368. The fourth-order valence-electron chi connectivity index (χ4n) is 19.3. The minimum Gasteiger partial charge on any atom is -0.491 e. The number of carbonyl (C=O) groups excluding carboxylic acids is 6. The molecule has 28 nitrogen and oxygen atoms in total. The highest BCUT2D eigenvalue weighted by Crippen LogP contribution is 2.60. The minimum atomic E-state index is -1.16. The SMILES string of the molecule is CC[C@@H]1C[C@]1(CC(=O)[C@@H]1C[C@@H](Oc2cc(Oc3nnc(C)s3)nc3c(Cl)c(OCCN4CCOCC4)ccc23)CN1C(=O)[C@@H](CC(=O)OC1C[C@@H]2C[C@@H]2C1)C(C)(C)C)C(=O)O.CC[C@@H]1C[C@]1(CC(=O)[C@@H]1C[C@@H](Oc2cc(SC3=NC=CC3)nc3c(Cl)c(OCCN4CCOCC4)ccc23)CN1C(=O)[C@@H](CC(=O)OC1C[C@@H]2C[C@@H]2C1)C(C)(C)C)C(=O)O. The third-order valence-electron chi connectivity index (χ3n) is 26.8. The molecule has 121 heavy (non-hydrogen) atoms. The molecule has 2 aromatic carbocycles. The van der Waals surface area contributed by atoms with Gasteiger partial charge in [0.1, 0.15) is 86.2 Å². The first-order valence-corrected chi connectivity index (χ1v) is 45.6. The Bertz CT molecular complexity index is 4790. The van der Waals surface area contributed by atoms with Crippen LogP contribution in [0.3, 0.4) is 0 Å². The molecule has 0 bridgehead atoms. The summed E-state index contributed by atoms with van der Waals surface area (Å²) < 4.78 is 54.7. The molecule has 4 saturated heterocycles. The number of aliphatic carboxylic acids is 2. The number of ketones is 2. The maximum Gasteiger partial charge on any atom is 0.310 e. The fraction of sp³-hybridized carbons (Fsp3) is 0.652. The summed E-state index contributed by atoms with van der Waals surface area (Å²) in [5, 5.41) is 32.9. The number of carboxylic acids is 2. The Hall–Kier alpha value is -7.84. The Morgan fingerprint density at radius 1 is 0.595 bits per heavy atom. The molecule has 5 aromatic rings. The summed E-state index contributed by atoms with van der Waals surface area (Å²) in [4.78, 5) is 132. The molecule has 10 fully saturated rings. The fourth-order valence-corrected chi connectivity index (χ4v) is 21.2. The van der Waals surface area contributed by atoms with Crippen LogP contribution in [0, 0.1) is 75.9 Å². The lowest BCUT2D eigenvalue weighted by Gasteiger charge is -2.35. The van der Waals surface area contributed by atoms with Gasteiger partial charge in [-0.3, -0.25) is 53.1 Å². The predicted octanol–water partition coefficient (Wildman–Crippen LogP) is 14.0. The maximum absolute atomic E-state index is 14.8. The first kappa shape index (κ1) is 88.0. The number of carbonyl (C=O) groups is 8. The molecule has 16 atom stereocenters. The smallest absolute Gasteiger partial charge is 0.310 e. The van der Waals surface area contributed by atoms with Crippen molar-refractivity contribution in [2.24, 2.45) is 74.0 Å². The number of allylic oxidation sites excluding steroid dienone is 1. The van der Waals surface area contributed by atoms with E-state index >= 15 is 0 Å². The van der Waals surface area contributed by atoms with Gasteiger partial charge in [-0.05, 0) is 129 Å². The van der Waals surface area contributed by atoms with Gasteiger partial charge in [-0.15, -0.1) is 5.10 Å². The number of rotatable bonds is 33. The van der Waals surface area contributed by atoms with E-state index in [2.05, 4.69) is 25.0 Å². The van der Waals surface area contributed by atoms with Crippen LogP contribution in [0.2, 0.25) is 10.0 Å². The zero-order chi connectivity index (χ0) is 85.6. The molecule has 2 amide bonds. The van der Waals surface area contributed by atoms with E-state index in [1.54, 1.807) is 35.4 Å². The summed E-state index contributed by atoms with van der Waals surface area (Å²) in [6.07, 6.45) is 10.4. The molecule has 6 aliphatic carbocycles. The molecule has 3 aromatic heterocycles. The van der Waals surface area contributed by atoms with Crippen LogP contribution >= 0.6 is 46.3 Å². The first-order valence-electron chi connectivity index (χ1n) is 43.2. The minimum absolute atomic E-state index is 0.0200. The molecule has 5 aliphatic heterocycles. The molecule has 16 rings (SSSR count). The van der Waals surface area contributed by atoms with Gasteiger partial charge in [0.15, 0.2) is 11.6 Å². The molecule has 2 unspecified atom stereocenters. The van der Waals surface area contributed by atoms with E-state index in [1.165, 1.54) is 40.8 Å². The number of ether oxygens (including phenoxy) is 9. The van der Waals surface area contributed by atoms with Crippen LogP contribution in [-0.4, -0.2) is 231 Å². The summed E-state index contributed by atoms with van der Waals surface area (Å²) in [5.74, 6) is -1.56. The number of benzene rings is 2. The highest BCUT2D eigenvalue weighted by atomic mass is 35.5. The van der Waals surface area contributed by atoms with E-state index in [4.69, 9.17) is 75.8 Å². The number of halogens is 2. The van der Waals surface area contributed by atoms with Crippen molar-refractivity contribution in [3.05, 3.63) is 63.7 Å². The normalized spacial score (nSPS) is 28.3. The van der Waals surface area contributed by atoms with E-state index in [0.29, 0.717) is 162 Å². The lowest BCUT2D eigenvalue weighted by Crippen LogP contribution is -2.48. The van der Waals surface area contributed by atoms with Crippen molar-refractivity contribution in [2.75, 3.05) is 92.0 Å². The van der Waals surface area contributed by atoms with E-state index in [1.807, 2.05) is 80.5 Å². The molecule has 32 heteroatoms. The zero-order valence-corrected chi connectivity index (χ0v) is 73.7. The molecule has 0 radical (unpaired) electrons. The summed E-state index contributed by atoms with van der Waals surface area (Å²) in [6.45, 7) is 25.5. The number of likely N-dealkylation sites (tertiary alicyclic amines) is 2. The van der Waals surface area contributed by atoms with E-state index < -0.39 is 81.7 Å². The van der Waals surface area contributed by atoms with Gasteiger partial charge in [0.05, 0.1) is 97.7 Å². The number of hydrogen-bond acceptors (Lipinski definition) is 26. The standard InChI is InChI=1S/C45H57ClN4O9S.C44H56ClN5O10S/c1-5-28-23-45(28,43(54)55)24-34(51)33-20-30(25-50(33)42(53)32(44(2,3)4)21-39(52)59-29-18-26-17-27(26)19-29)58-36-22-38(60-37-7-6-10-47-37)48-41-31(36)8-9-35(40(41)46)57-16-13-49-11-14-56-15-12-49;1-6-27-21-44(27,41(54)55)22-33(51)32-18-29(23-50(32)40(53)31(43(3,4)5)19-37(52)59-28-16-25-15-26(25)17-28)58-35-20-36(60-42-48-47-24(2)61-42)46-39-30(35)7-8-34(38(39)45)57-14-11-49-9-12-56-13-10-49/h6,8-10,22,26-30,32-33H,5,7,11-21,23-25H2,1-4H3,(H,54,55);7-8,20,25-29,31-32H,6,9-19,21-23H2,1-5H3,(H,54,55)/t26-,27+,28-,29?,30-,32-,33+,45-;25-,26+,27-,28?,29-,31-,32+,44-/m11/s1. The Morgan fingerprint density at radius 3 is 1.45 bits per heavy atom. The number of fused-ring (bicyclic) bond motifs is 4. The largest absolute Gasteiger partial charge is 0.491 e. The van der Waals surface area contributed by atoms with E-state index in [0.717, 1.165) is 63.5 Å².